The molecular formula is C27H35N3O5S3. The minimum Gasteiger partial charge on any atom is -0.307 e. The third-order valence-electron chi connectivity index (χ3n) is 9.95. The molecule has 5 aliphatic rings. The van der Waals surface area contributed by atoms with Crippen LogP contribution in [0.1, 0.15) is 75.1 Å². The van der Waals surface area contributed by atoms with Crippen molar-refractivity contribution in [2.45, 2.75) is 67.4 Å². The summed E-state index contributed by atoms with van der Waals surface area (Å²) in [6.07, 6.45) is 11.2. The van der Waals surface area contributed by atoms with Crippen LogP contribution in [0, 0.1) is 10.8 Å². The van der Waals surface area contributed by atoms with Crippen LogP contribution in [0.25, 0.3) is 0 Å². The third-order valence-corrected chi connectivity index (χ3v) is 13.8. The van der Waals surface area contributed by atoms with Crippen LogP contribution in [0.4, 0.5) is 11.4 Å². The third kappa shape index (κ3) is 3.95. The summed E-state index contributed by atoms with van der Waals surface area (Å²) >= 11 is 1.12. The number of nitrogens with zero attached hydrogens (tertiary/aromatic N) is 2. The van der Waals surface area contributed by atoms with Crippen LogP contribution < -0.4 is 9.62 Å². The van der Waals surface area contributed by atoms with E-state index in [4.69, 9.17) is 0 Å². The first-order valence-electron chi connectivity index (χ1n) is 13.4. The van der Waals surface area contributed by atoms with Crippen molar-refractivity contribution in [2.75, 3.05) is 35.5 Å². The number of hydrogen-bond acceptors (Lipinski definition) is 6. The molecule has 206 valence electrons. The number of rotatable bonds is 5. The van der Waals surface area contributed by atoms with Crippen molar-refractivity contribution >= 4 is 48.7 Å². The van der Waals surface area contributed by atoms with Gasteiger partial charge in [0, 0.05) is 43.2 Å². The van der Waals surface area contributed by atoms with Gasteiger partial charge in [-0.2, -0.15) is 4.31 Å². The predicted octanol–water partition coefficient (Wildman–Crippen LogP) is 4.79. The molecule has 0 atom stereocenters. The number of amides is 1. The van der Waals surface area contributed by atoms with Crippen molar-refractivity contribution in [3.63, 3.8) is 0 Å². The van der Waals surface area contributed by atoms with Crippen LogP contribution in [0.3, 0.4) is 0 Å². The lowest BCUT2D eigenvalue weighted by molar-refractivity contribution is -0.00782. The highest BCUT2D eigenvalue weighted by atomic mass is 32.2. The Bertz CT molecular complexity index is 1540. The summed E-state index contributed by atoms with van der Waals surface area (Å²) in [6.45, 7) is 1.71. The number of hydrogen-bond donors (Lipinski definition) is 1. The smallest absolute Gasteiger partial charge is 0.259 e. The van der Waals surface area contributed by atoms with Crippen molar-refractivity contribution in [3.05, 3.63) is 40.8 Å². The average molecular weight is 578 g/mol. The Labute approximate surface area is 230 Å². The monoisotopic (exact) mass is 577 g/mol. The molecule has 1 aromatic carbocycles. The fourth-order valence-corrected chi connectivity index (χ4v) is 10.7. The largest absolute Gasteiger partial charge is 0.307 e. The molecule has 0 bridgehead atoms. The van der Waals surface area contributed by atoms with E-state index in [-0.39, 0.29) is 22.4 Å². The van der Waals surface area contributed by atoms with Gasteiger partial charge in [-0.25, -0.2) is 16.8 Å². The molecule has 3 spiro atoms. The van der Waals surface area contributed by atoms with Gasteiger partial charge in [-0.1, -0.05) is 6.42 Å². The second kappa shape index (κ2) is 8.05. The van der Waals surface area contributed by atoms with E-state index in [2.05, 4.69) is 4.72 Å². The second-order valence-electron chi connectivity index (χ2n) is 12.6. The van der Waals surface area contributed by atoms with Crippen molar-refractivity contribution in [1.29, 1.82) is 0 Å². The second-order valence-corrected chi connectivity index (χ2v) is 17.4. The number of thiophene rings is 1. The molecule has 1 aromatic heterocycles. The standard InChI is InChI=1S/C27H33N3O5S3.H2/c1-37(32,33)28-20-3-4-22-21(14-20)27(11-9-25(7-8-25)10-12-27)18-30(22)24(31)19-13-23(36-15-19)38(34,35)29-16-26(17-29)5-2-6-26;/h3-4,13-15,28H,2,5-12,16-18H2,1H3;1H. The number of sulfonamides is 2. The number of nitrogens with one attached hydrogen (secondary N) is 1. The first kappa shape index (κ1) is 25.0. The number of benzene rings is 1. The van der Waals surface area contributed by atoms with E-state index in [9.17, 15) is 21.6 Å². The van der Waals surface area contributed by atoms with Crippen molar-refractivity contribution in [2.24, 2.45) is 10.8 Å². The van der Waals surface area contributed by atoms with Crippen LogP contribution in [-0.2, 0) is 25.5 Å². The summed E-state index contributed by atoms with van der Waals surface area (Å²) in [5.74, 6) is -0.199. The summed E-state index contributed by atoms with van der Waals surface area (Å²) < 4.78 is 54.6. The number of fused-ring (bicyclic) bond motifs is 2. The van der Waals surface area contributed by atoms with Gasteiger partial charge in [-0.15, -0.1) is 11.3 Å². The van der Waals surface area contributed by atoms with Crippen molar-refractivity contribution in [3.8, 4) is 0 Å². The van der Waals surface area contributed by atoms with Crippen LogP contribution in [0.2, 0.25) is 0 Å². The van der Waals surface area contributed by atoms with E-state index in [1.54, 1.807) is 26.7 Å². The van der Waals surface area contributed by atoms with Crippen molar-refractivity contribution in [1.82, 2.24) is 4.31 Å². The molecule has 0 radical (unpaired) electrons. The average Bonchev–Trinajstić information content (AvgIpc) is 3.23. The zero-order valence-corrected chi connectivity index (χ0v) is 24.0. The number of anilines is 2. The zero-order chi connectivity index (χ0) is 26.6. The predicted molar refractivity (Wildman–Crippen MR) is 150 cm³/mol. The normalized spacial score (nSPS) is 24.7. The summed E-state index contributed by atoms with van der Waals surface area (Å²) in [5, 5.41) is 1.67. The highest BCUT2D eigenvalue weighted by Crippen LogP contribution is 2.62. The molecule has 38 heavy (non-hydrogen) atoms. The quantitative estimate of drug-likeness (QED) is 0.550. The van der Waals surface area contributed by atoms with E-state index in [1.807, 2.05) is 12.1 Å². The van der Waals surface area contributed by atoms with Crippen molar-refractivity contribution < 1.29 is 23.1 Å². The molecule has 1 saturated heterocycles. The molecule has 1 amide bonds. The molecular weight excluding hydrogens is 543 g/mol. The van der Waals surface area contributed by atoms with Gasteiger partial charge in [0.25, 0.3) is 15.9 Å². The summed E-state index contributed by atoms with van der Waals surface area (Å²) in [6, 6.07) is 6.98. The van der Waals surface area contributed by atoms with E-state index >= 15 is 0 Å². The molecule has 8 nitrogen and oxygen atoms in total. The summed E-state index contributed by atoms with van der Waals surface area (Å²) in [4.78, 5) is 15.6. The SMILES string of the molecule is CS(=O)(=O)Nc1ccc2c(c1)C1(CCC3(CC3)CC1)CN2C(=O)c1csc(S(=O)(=O)N2CC3(CCC3)C2)c1.[HH]. The maximum atomic E-state index is 13.9. The molecule has 3 heterocycles. The maximum absolute atomic E-state index is 13.9. The number of carbonyl (C=O) groups is 1. The van der Waals surface area contributed by atoms with Gasteiger partial charge in [0.15, 0.2) is 0 Å². The Kier molecular flexibility index (Phi) is 5.31. The van der Waals surface area contributed by atoms with Crippen LogP contribution in [-0.4, -0.2) is 52.9 Å². The Hall–Kier alpha value is -1.95. The van der Waals surface area contributed by atoms with Gasteiger partial charge >= 0.3 is 0 Å². The minimum atomic E-state index is -3.59. The lowest BCUT2D eigenvalue weighted by Crippen LogP contribution is -2.61. The molecule has 0 unspecified atom stereocenters. The highest BCUT2D eigenvalue weighted by molar-refractivity contribution is 7.92. The van der Waals surface area contributed by atoms with Crippen LogP contribution >= 0.6 is 11.3 Å². The summed E-state index contributed by atoms with van der Waals surface area (Å²) in [5.41, 5.74) is 3.17. The van der Waals surface area contributed by atoms with Crippen LogP contribution in [0.15, 0.2) is 33.9 Å². The fraction of sp³-hybridized carbons (Fsp3) is 0.593. The van der Waals surface area contributed by atoms with Gasteiger partial charge in [0.1, 0.15) is 4.21 Å². The van der Waals surface area contributed by atoms with E-state index in [1.165, 1.54) is 19.3 Å². The number of carbonyl (C=O) groups excluding carboxylic acids is 1. The zero-order valence-electron chi connectivity index (χ0n) is 21.5. The van der Waals surface area contributed by atoms with Gasteiger partial charge in [-0.3, -0.25) is 9.52 Å². The first-order valence-corrected chi connectivity index (χ1v) is 17.7. The molecule has 4 fully saturated rings. The fourth-order valence-electron chi connectivity index (χ4n) is 7.20. The lowest BCUT2D eigenvalue weighted by atomic mass is 9.65. The minimum absolute atomic E-state index is 0. The lowest BCUT2D eigenvalue weighted by Gasteiger charge is -2.54. The highest BCUT2D eigenvalue weighted by Gasteiger charge is 2.54. The topological polar surface area (TPSA) is 104 Å². The van der Waals surface area contributed by atoms with Gasteiger partial charge in [-0.05, 0) is 92.0 Å². The molecule has 3 aliphatic carbocycles. The molecule has 2 aliphatic heterocycles. The maximum Gasteiger partial charge on any atom is 0.259 e. The summed E-state index contributed by atoms with van der Waals surface area (Å²) in [7, 11) is -7.02. The van der Waals surface area contributed by atoms with Crippen LogP contribution in [0.5, 0.6) is 0 Å². The molecule has 7 rings (SSSR count). The Balaban J connectivity index is 0.00000277. The molecule has 1 N–H and O–H groups in total. The Morgan fingerprint density at radius 2 is 1.61 bits per heavy atom. The van der Waals surface area contributed by atoms with Gasteiger partial charge in [0.05, 0.1) is 11.8 Å². The Morgan fingerprint density at radius 3 is 2.21 bits per heavy atom. The molecule has 11 heteroatoms. The van der Waals surface area contributed by atoms with E-state index in [0.717, 1.165) is 67.4 Å². The van der Waals surface area contributed by atoms with E-state index < -0.39 is 20.0 Å². The molecule has 2 aromatic rings. The van der Waals surface area contributed by atoms with Gasteiger partial charge in [0.2, 0.25) is 10.0 Å². The Morgan fingerprint density at radius 1 is 0.921 bits per heavy atom. The van der Waals surface area contributed by atoms with E-state index in [0.29, 0.717) is 36.3 Å². The van der Waals surface area contributed by atoms with Gasteiger partial charge < -0.3 is 4.90 Å². The molecule has 3 saturated carbocycles. The first-order chi connectivity index (χ1) is 17.9.